The smallest absolute Gasteiger partial charge is 0.346 e. The number of rotatable bonds is 7. The van der Waals surface area contributed by atoms with Gasteiger partial charge < -0.3 is 15.0 Å². The van der Waals surface area contributed by atoms with Crippen molar-refractivity contribution in [3.63, 3.8) is 0 Å². The molecule has 0 saturated carbocycles. The highest BCUT2D eigenvalue weighted by atomic mass is 16.5. The molecule has 1 aromatic carbocycles. The second-order valence-electron chi connectivity index (χ2n) is 7.59. The lowest BCUT2D eigenvalue weighted by Crippen LogP contribution is -2.35. The largest absolute Gasteiger partial charge is 0.371 e. The van der Waals surface area contributed by atoms with E-state index < -0.39 is 6.10 Å². The molecule has 156 valence electrons. The molecule has 8 nitrogen and oxygen atoms in total. The predicted molar refractivity (Wildman–Crippen MR) is 110 cm³/mol. The van der Waals surface area contributed by atoms with Gasteiger partial charge >= 0.3 is 5.69 Å². The molecule has 0 spiro atoms. The van der Waals surface area contributed by atoms with Gasteiger partial charge in [-0.1, -0.05) is 18.2 Å². The zero-order valence-corrected chi connectivity index (χ0v) is 17.0. The maximum atomic E-state index is 12.4. The molecule has 1 amide bonds. The third kappa shape index (κ3) is 4.22. The Bertz CT molecular complexity index is 919. The topological polar surface area (TPSA) is 81.4 Å². The number of ether oxygens (including phenoxy) is 1. The van der Waals surface area contributed by atoms with E-state index in [-0.39, 0.29) is 18.0 Å². The Hall–Kier alpha value is -2.61. The minimum atomic E-state index is -0.460. The van der Waals surface area contributed by atoms with E-state index in [1.165, 1.54) is 22.4 Å². The van der Waals surface area contributed by atoms with Crippen molar-refractivity contribution in [2.75, 3.05) is 31.1 Å². The number of para-hydroxylation sites is 1. The van der Waals surface area contributed by atoms with Crippen molar-refractivity contribution >= 4 is 11.6 Å². The summed E-state index contributed by atoms with van der Waals surface area (Å²) in [6.07, 6.45) is 2.93. The van der Waals surface area contributed by atoms with E-state index >= 15 is 0 Å². The van der Waals surface area contributed by atoms with Gasteiger partial charge in [0.05, 0.1) is 19.6 Å². The highest BCUT2D eigenvalue weighted by molar-refractivity contribution is 5.76. The van der Waals surface area contributed by atoms with Crippen molar-refractivity contribution in [3.05, 3.63) is 46.1 Å². The zero-order valence-electron chi connectivity index (χ0n) is 17.0. The molecule has 0 radical (unpaired) electrons. The third-order valence-corrected chi connectivity index (χ3v) is 5.68. The first-order valence-corrected chi connectivity index (χ1v) is 10.6. The van der Waals surface area contributed by atoms with E-state index in [0.29, 0.717) is 32.1 Å². The van der Waals surface area contributed by atoms with Gasteiger partial charge in [-0.05, 0) is 37.8 Å². The fraction of sp³-hybridized carbons (Fsp3) is 0.571. The average Bonchev–Trinajstić information content (AvgIpc) is 3.08. The summed E-state index contributed by atoms with van der Waals surface area (Å²) in [5.41, 5.74) is 2.61. The van der Waals surface area contributed by atoms with Crippen LogP contribution in [0.5, 0.6) is 0 Å². The molecule has 1 N–H and O–H groups in total. The molecule has 4 rings (SSSR count). The zero-order chi connectivity index (χ0) is 20.2. The van der Waals surface area contributed by atoms with Gasteiger partial charge in [0.2, 0.25) is 5.91 Å². The molecule has 0 saturated heterocycles. The molecule has 0 bridgehead atoms. The molecule has 2 aliphatic heterocycles. The number of fused-ring (bicyclic) bond motifs is 2. The van der Waals surface area contributed by atoms with Crippen molar-refractivity contribution in [1.29, 1.82) is 0 Å². The molecule has 29 heavy (non-hydrogen) atoms. The summed E-state index contributed by atoms with van der Waals surface area (Å²) in [6.45, 7) is 5.93. The van der Waals surface area contributed by atoms with E-state index in [1.54, 1.807) is 4.57 Å². The normalized spacial score (nSPS) is 18.2. The molecule has 8 heteroatoms. The quantitative estimate of drug-likeness (QED) is 0.714. The number of carbonyl (C=O) groups excluding carboxylic acids is 1. The third-order valence-electron chi connectivity index (χ3n) is 5.68. The minimum Gasteiger partial charge on any atom is -0.371 e. The second-order valence-corrected chi connectivity index (χ2v) is 7.59. The van der Waals surface area contributed by atoms with Gasteiger partial charge in [0.1, 0.15) is 6.10 Å². The number of nitrogens with zero attached hydrogens (tertiary/aromatic N) is 4. The number of aromatic nitrogens is 3. The predicted octanol–water partition coefficient (Wildman–Crippen LogP) is 1.49. The Morgan fingerprint density at radius 3 is 3.03 bits per heavy atom. The van der Waals surface area contributed by atoms with Crippen LogP contribution < -0.4 is 15.9 Å². The molecule has 0 fully saturated rings. The van der Waals surface area contributed by atoms with Crippen LogP contribution >= 0.6 is 0 Å². The fourth-order valence-corrected chi connectivity index (χ4v) is 4.21. The number of benzene rings is 1. The van der Waals surface area contributed by atoms with Gasteiger partial charge in [0, 0.05) is 31.9 Å². The number of carbonyl (C=O) groups is 1. The number of nitrogens with one attached hydrogen (secondary N) is 1. The summed E-state index contributed by atoms with van der Waals surface area (Å²) < 4.78 is 8.77. The fourth-order valence-electron chi connectivity index (χ4n) is 4.21. The summed E-state index contributed by atoms with van der Waals surface area (Å²) in [5, 5.41) is 7.33. The average molecular weight is 399 g/mol. The minimum absolute atomic E-state index is 0.0685. The van der Waals surface area contributed by atoms with Crippen LogP contribution in [0.25, 0.3) is 0 Å². The van der Waals surface area contributed by atoms with Gasteiger partial charge in [0.25, 0.3) is 0 Å². The van der Waals surface area contributed by atoms with Crippen LogP contribution in [-0.4, -0.2) is 46.5 Å². The Labute approximate surface area is 170 Å². The second kappa shape index (κ2) is 8.82. The first-order valence-electron chi connectivity index (χ1n) is 10.6. The molecular formula is C21H29N5O3. The van der Waals surface area contributed by atoms with Gasteiger partial charge in [-0.15, -0.1) is 0 Å². The molecule has 3 heterocycles. The molecule has 0 aliphatic carbocycles. The lowest BCUT2D eigenvalue weighted by molar-refractivity contribution is -0.125. The van der Waals surface area contributed by atoms with Crippen LogP contribution in [0.4, 0.5) is 5.69 Å². The number of hydrogen-bond acceptors (Lipinski definition) is 5. The lowest BCUT2D eigenvalue weighted by atomic mass is 10.0. The van der Waals surface area contributed by atoms with E-state index in [1.807, 2.05) is 6.92 Å². The summed E-state index contributed by atoms with van der Waals surface area (Å²) in [6, 6.07) is 8.57. The highest BCUT2D eigenvalue weighted by Gasteiger charge is 2.28. The monoisotopic (exact) mass is 399 g/mol. The number of aryl methyl sites for hydroxylation is 2. The van der Waals surface area contributed by atoms with Crippen molar-refractivity contribution in [1.82, 2.24) is 19.7 Å². The first kappa shape index (κ1) is 19.7. The van der Waals surface area contributed by atoms with Crippen molar-refractivity contribution in [2.45, 2.75) is 51.8 Å². The van der Waals surface area contributed by atoms with Gasteiger partial charge in [-0.25, -0.2) is 9.48 Å². The van der Waals surface area contributed by atoms with Crippen LogP contribution in [0.1, 0.15) is 43.7 Å². The van der Waals surface area contributed by atoms with Crippen molar-refractivity contribution in [2.24, 2.45) is 0 Å². The van der Waals surface area contributed by atoms with Crippen LogP contribution in [0.3, 0.4) is 0 Å². The van der Waals surface area contributed by atoms with E-state index in [9.17, 15) is 9.59 Å². The van der Waals surface area contributed by atoms with Gasteiger partial charge in [-0.3, -0.25) is 9.36 Å². The summed E-state index contributed by atoms with van der Waals surface area (Å²) in [4.78, 5) is 27.0. The van der Waals surface area contributed by atoms with Crippen LogP contribution in [0, 0.1) is 0 Å². The molecule has 1 atom stereocenters. The summed E-state index contributed by atoms with van der Waals surface area (Å²) in [5.74, 6) is 0.490. The van der Waals surface area contributed by atoms with Crippen molar-refractivity contribution < 1.29 is 9.53 Å². The number of amides is 1. The maximum Gasteiger partial charge on any atom is 0.346 e. The Kier molecular flexibility index (Phi) is 5.99. The Morgan fingerprint density at radius 1 is 1.31 bits per heavy atom. The first-order chi connectivity index (χ1) is 14.2. The van der Waals surface area contributed by atoms with Crippen LogP contribution in [-0.2, 0) is 29.0 Å². The summed E-state index contributed by atoms with van der Waals surface area (Å²) >= 11 is 0. The lowest BCUT2D eigenvalue weighted by Gasteiger charge is -2.31. The maximum absolute atomic E-state index is 12.4. The molecule has 2 aliphatic rings. The van der Waals surface area contributed by atoms with Crippen molar-refractivity contribution in [3.8, 4) is 0 Å². The number of hydrogen-bond donors (Lipinski definition) is 1. The van der Waals surface area contributed by atoms with E-state index in [0.717, 1.165) is 25.9 Å². The van der Waals surface area contributed by atoms with Crippen LogP contribution in [0.15, 0.2) is 29.1 Å². The Morgan fingerprint density at radius 2 is 2.17 bits per heavy atom. The van der Waals surface area contributed by atoms with Gasteiger partial charge in [-0.2, -0.15) is 5.10 Å². The van der Waals surface area contributed by atoms with E-state index in [4.69, 9.17) is 4.74 Å². The van der Waals surface area contributed by atoms with E-state index in [2.05, 4.69) is 39.6 Å². The highest BCUT2D eigenvalue weighted by Crippen LogP contribution is 2.26. The number of anilines is 1. The molecule has 2 aromatic rings. The Balaban J connectivity index is 1.26. The molecule has 1 unspecified atom stereocenters. The standard InChI is InChI=1S/C21H29N5O3/c1-2-26-21(28)25-13-14-29-18(20(25)23-26)15-19(27)22-10-6-12-24-11-5-8-16-7-3-4-9-17(16)24/h3-4,7,9,18H,2,5-6,8,10-15H2,1H3,(H,22,27). The van der Waals surface area contributed by atoms with Crippen LogP contribution in [0.2, 0.25) is 0 Å². The summed E-state index contributed by atoms with van der Waals surface area (Å²) in [7, 11) is 0. The van der Waals surface area contributed by atoms with Gasteiger partial charge in [0.15, 0.2) is 5.82 Å². The SMILES string of the molecule is CCn1nc2n(c1=O)CCOC2CC(=O)NCCCN1CCCc2ccccc21. The molecule has 1 aromatic heterocycles. The molecular weight excluding hydrogens is 370 g/mol.